The number of rotatable bonds is 5. The Morgan fingerprint density at radius 3 is 2.43 bits per heavy atom. The highest BCUT2D eigenvalue weighted by molar-refractivity contribution is 14.0. The normalized spacial score (nSPS) is 14.4. The van der Waals surface area contributed by atoms with Crippen molar-refractivity contribution < 1.29 is 0 Å². The van der Waals surface area contributed by atoms with Crippen molar-refractivity contribution in [3.8, 4) is 0 Å². The van der Waals surface area contributed by atoms with E-state index in [0.717, 1.165) is 45.2 Å². The summed E-state index contributed by atoms with van der Waals surface area (Å²) in [5.74, 6) is 0.968. The fourth-order valence-electron chi connectivity index (χ4n) is 3.75. The Labute approximate surface area is 195 Å². The molecule has 1 aliphatic rings. The van der Waals surface area contributed by atoms with Gasteiger partial charge in [0.25, 0.3) is 0 Å². The SMILES string of the molecule is CN=C(NCc1cccc(Cn2cccn2)c1)N1CCN(c2ccccc2)CC1.I. The predicted octanol–water partition coefficient (Wildman–Crippen LogP) is 3.45. The van der Waals surface area contributed by atoms with Crippen LogP contribution in [-0.4, -0.2) is 53.9 Å². The van der Waals surface area contributed by atoms with Crippen LogP contribution in [0.1, 0.15) is 11.1 Å². The van der Waals surface area contributed by atoms with Crippen molar-refractivity contribution in [2.75, 3.05) is 38.1 Å². The van der Waals surface area contributed by atoms with Gasteiger partial charge < -0.3 is 15.1 Å². The minimum Gasteiger partial charge on any atom is -0.368 e. The first-order valence-corrected chi connectivity index (χ1v) is 10.1. The number of aliphatic imine (C=N–C) groups is 1. The summed E-state index contributed by atoms with van der Waals surface area (Å²) >= 11 is 0. The minimum atomic E-state index is 0. The number of piperazine rings is 1. The van der Waals surface area contributed by atoms with Gasteiger partial charge in [-0.3, -0.25) is 9.67 Å². The van der Waals surface area contributed by atoms with Gasteiger partial charge in [0.15, 0.2) is 5.96 Å². The number of aromatic nitrogens is 2. The van der Waals surface area contributed by atoms with E-state index in [1.807, 2.05) is 30.2 Å². The van der Waals surface area contributed by atoms with Gasteiger partial charge >= 0.3 is 0 Å². The van der Waals surface area contributed by atoms with E-state index in [9.17, 15) is 0 Å². The summed E-state index contributed by atoms with van der Waals surface area (Å²) in [6, 6.07) is 21.2. The maximum atomic E-state index is 4.51. The molecule has 0 unspecified atom stereocenters. The molecule has 158 valence electrons. The Morgan fingerprint density at radius 2 is 1.73 bits per heavy atom. The molecular weight excluding hydrogens is 487 g/mol. The van der Waals surface area contributed by atoms with Gasteiger partial charge in [-0.15, -0.1) is 24.0 Å². The van der Waals surface area contributed by atoms with E-state index in [4.69, 9.17) is 0 Å². The molecule has 1 saturated heterocycles. The molecule has 1 aliphatic heterocycles. The lowest BCUT2D eigenvalue weighted by atomic mass is 10.1. The van der Waals surface area contributed by atoms with E-state index in [2.05, 4.69) is 79.8 Å². The number of para-hydroxylation sites is 1. The summed E-state index contributed by atoms with van der Waals surface area (Å²) in [7, 11) is 1.86. The molecule has 4 rings (SSSR count). The molecule has 2 heterocycles. The van der Waals surface area contributed by atoms with Crippen molar-refractivity contribution in [3.05, 3.63) is 84.2 Å². The van der Waals surface area contributed by atoms with Crippen LogP contribution in [0, 0.1) is 0 Å². The Bertz CT molecular complexity index is 918. The molecule has 1 fully saturated rings. The van der Waals surface area contributed by atoms with Crippen LogP contribution >= 0.6 is 24.0 Å². The van der Waals surface area contributed by atoms with Gasteiger partial charge in [0, 0.05) is 57.9 Å². The summed E-state index contributed by atoms with van der Waals surface area (Å²) in [4.78, 5) is 9.28. The number of halogens is 1. The third-order valence-electron chi connectivity index (χ3n) is 5.26. The Morgan fingerprint density at radius 1 is 0.967 bits per heavy atom. The quantitative estimate of drug-likeness (QED) is 0.321. The van der Waals surface area contributed by atoms with Gasteiger partial charge in [-0.1, -0.05) is 42.5 Å². The number of nitrogens with one attached hydrogen (secondary N) is 1. The first-order valence-electron chi connectivity index (χ1n) is 10.1. The number of nitrogens with zero attached hydrogens (tertiary/aromatic N) is 5. The van der Waals surface area contributed by atoms with Crippen LogP contribution in [0.5, 0.6) is 0 Å². The van der Waals surface area contributed by atoms with Gasteiger partial charge in [0.05, 0.1) is 6.54 Å². The highest BCUT2D eigenvalue weighted by Gasteiger charge is 2.19. The van der Waals surface area contributed by atoms with E-state index >= 15 is 0 Å². The number of hydrogen-bond acceptors (Lipinski definition) is 3. The van der Waals surface area contributed by atoms with Gasteiger partial charge in [-0.25, -0.2) is 0 Å². The molecule has 2 aromatic carbocycles. The lowest BCUT2D eigenvalue weighted by molar-refractivity contribution is 0.372. The highest BCUT2D eigenvalue weighted by atomic mass is 127. The molecule has 0 amide bonds. The Balaban J connectivity index is 0.00000256. The summed E-state index contributed by atoms with van der Waals surface area (Å²) in [5.41, 5.74) is 3.79. The van der Waals surface area contributed by atoms with Crippen molar-refractivity contribution in [1.29, 1.82) is 0 Å². The van der Waals surface area contributed by atoms with Crippen molar-refractivity contribution in [2.24, 2.45) is 4.99 Å². The average molecular weight is 516 g/mol. The first-order chi connectivity index (χ1) is 14.3. The lowest BCUT2D eigenvalue weighted by Gasteiger charge is -2.37. The van der Waals surface area contributed by atoms with Crippen LogP contribution in [0.25, 0.3) is 0 Å². The smallest absolute Gasteiger partial charge is 0.194 e. The molecule has 0 aliphatic carbocycles. The van der Waals surface area contributed by atoms with E-state index < -0.39 is 0 Å². The molecule has 1 aromatic heterocycles. The third-order valence-corrected chi connectivity index (χ3v) is 5.26. The van der Waals surface area contributed by atoms with Gasteiger partial charge in [0.2, 0.25) is 0 Å². The zero-order valence-corrected chi connectivity index (χ0v) is 19.6. The van der Waals surface area contributed by atoms with Gasteiger partial charge in [-0.05, 0) is 29.3 Å². The fourth-order valence-corrected chi connectivity index (χ4v) is 3.75. The van der Waals surface area contributed by atoms with Gasteiger partial charge in [-0.2, -0.15) is 5.10 Å². The molecule has 0 saturated carbocycles. The monoisotopic (exact) mass is 516 g/mol. The van der Waals surface area contributed by atoms with Crippen molar-refractivity contribution in [2.45, 2.75) is 13.1 Å². The standard InChI is InChI=1S/C23H28N6.HI/c1-24-23(28-15-13-27(14-16-28)22-9-3-2-4-10-22)25-18-20-7-5-8-21(17-20)19-29-12-6-11-26-29;/h2-12,17H,13-16,18-19H2,1H3,(H,24,25);1H. The third kappa shape index (κ3) is 5.75. The van der Waals surface area contributed by atoms with Crippen LogP contribution in [0.2, 0.25) is 0 Å². The highest BCUT2D eigenvalue weighted by Crippen LogP contribution is 2.15. The van der Waals surface area contributed by atoms with E-state index in [-0.39, 0.29) is 24.0 Å². The topological polar surface area (TPSA) is 48.7 Å². The van der Waals surface area contributed by atoms with Crippen LogP contribution in [0.3, 0.4) is 0 Å². The molecule has 0 bridgehead atoms. The molecule has 7 heteroatoms. The number of guanidine groups is 1. The van der Waals surface area contributed by atoms with E-state index in [1.54, 1.807) is 0 Å². The maximum Gasteiger partial charge on any atom is 0.194 e. The summed E-state index contributed by atoms with van der Waals surface area (Å²) < 4.78 is 1.94. The molecule has 0 atom stereocenters. The summed E-state index contributed by atoms with van der Waals surface area (Å²) in [6.07, 6.45) is 3.80. The molecule has 1 N–H and O–H groups in total. The number of anilines is 1. The maximum absolute atomic E-state index is 4.51. The van der Waals surface area contributed by atoms with Crippen LogP contribution in [-0.2, 0) is 13.1 Å². The van der Waals surface area contributed by atoms with Gasteiger partial charge in [0.1, 0.15) is 0 Å². The predicted molar refractivity (Wildman–Crippen MR) is 134 cm³/mol. The Kier molecular flexibility index (Phi) is 8.12. The molecule has 0 spiro atoms. The number of hydrogen-bond donors (Lipinski definition) is 1. The minimum absolute atomic E-state index is 0. The number of benzene rings is 2. The van der Waals surface area contributed by atoms with Crippen LogP contribution in [0.15, 0.2) is 78.0 Å². The first kappa shape index (κ1) is 22.1. The molecular formula is C23H29IN6. The summed E-state index contributed by atoms with van der Waals surface area (Å²) in [5, 5.41) is 7.82. The van der Waals surface area contributed by atoms with Crippen molar-refractivity contribution in [1.82, 2.24) is 20.0 Å². The molecule has 6 nitrogen and oxygen atoms in total. The van der Waals surface area contributed by atoms with E-state index in [1.165, 1.54) is 16.8 Å². The van der Waals surface area contributed by atoms with E-state index in [0.29, 0.717) is 0 Å². The van der Waals surface area contributed by atoms with Crippen LogP contribution < -0.4 is 10.2 Å². The second-order valence-electron chi connectivity index (χ2n) is 7.23. The largest absolute Gasteiger partial charge is 0.368 e. The zero-order chi connectivity index (χ0) is 19.9. The van der Waals surface area contributed by atoms with Crippen LogP contribution in [0.4, 0.5) is 5.69 Å². The van der Waals surface area contributed by atoms with Crippen molar-refractivity contribution >= 4 is 35.6 Å². The molecule has 3 aromatic rings. The fraction of sp³-hybridized carbons (Fsp3) is 0.304. The second-order valence-corrected chi connectivity index (χ2v) is 7.23. The summed E-state index contributed by atoms with van der Waals surface area (Å²) in [6.45, 7) is 5.49. The average Bonchev–Trinajstić information content (AvgIpc) is 3.29. The molecule has 30 heavy (non-hydrogen) atoms. The van der Waals surface area contributed by atoms with Crippen molar-refractivity contribution in [3.63, 3.8) is 0 Å². The Hall–Kier alpha value is -2.55. The second kappa shape index (κ2) is 11.0. The molecule has 0 radical (unpaired) electrons. The zero-order valence-electron chi connectivity index (χ0n) is 17.3. The lowest BCUT2D eigenvalue weighted by Crippen LogP contribution is -2.52.